The average Bonchev–Trinajstić information content (AvgIpc) is 2.76. The lowest BCUT2D eigenvalue weighted by atomic mass is 10.2. The zero-order valence-electron chi connectivity index (χ0n) is 10.4. The van der Waals surface area contributed by atoms with Crippen LogP contribution in [0.2, 0.25) is 0 Å². The third-order valence-corrected chi connectivity index (χ3v) is 2.56. The van der Waals surface area contributed by atoms with Crippen molar-refractivity contribution < 1.29 is 0 Å². The fourth-order valence-corrected chi connectivity index (χ4v) is 1.68. The second-order valence-corrected chi connectivity index (χ2v) is 4.22. The van der Waals surface area contributed by atoms with Crippen molar-refractivity contribution in [2.75, 3.05) is 5.73 Å². The van der Waals surface area contributed by atoms with Gasteiger partial charge in [0.15, 0.2) is 0 Å². The van der Waals surface area contributed by atoms with Crippen LogP contribution in [0.15, 0.2) is 18.3 Å². The largest absolute Gasteiger partial charge is 0.384 e. The normalized spacial score (nSPS) is 11.1. The van der Waals surface area contributed by atoms with Gasteiger partial charge in [0.25, 0.3) is 0 Å². The molecule has 0 bridgehead atoms. The van der Waals surface area contributed by atoms with E-state index in [1.807, 2.05) is 17.7 Å². The Morgan fingerprint density at radius 1 is 1.35 bits per heavy atom. The highest BCUT2D eigenvalue weighted by Gasteiger charge is 2.11. The minimum atomic E-state index is 0.259. The Hall–Kier alpha value is -1.91. The van der Waals surface area contributed by atoms with Gasteiger partial charge >= 0.3 is 0 Å². The van der Waals surface area contributed by atoms with Gasteiger partial charge in [0, 0.05) is 24.7 Å². The Morgan fingerprint density at radius 2 is 2.12 bits per heavy atom. The number of nitrogens with zero attached hydrogens (tertiary/aromatic N) is 4. The maximum atomic E-state index is 5.81. The molecule has 90 valence electrons. The van der Waals surface area contributed by atoms with Crippen LogP contribution >= 0.6 is 0 Å². The molecule has 0 aliphatic heterocycles. The molecular weight excluding hydrogens is 214 g/mol. The molecule has 5 heteroatoms. The molecule has 2 N–H and O–H groups in total. The molecule has 0 amide bonds. The summed E-state index contributed by atoms with van der Waals surface area (Å²) in [7, 11) is 0. The molecule has 0 saturated heterocycles. The summed E-state index contributed by atoms with van der Waals surface area (Å²) in [6, 6.07) is 3.73. The third-order valence-electron chi connectivity index (χ3n) is 2.56. The van der Waals surface area contributed by atoms with E-state index in [1.165, 1.54) is 0 Å². The molecule has 2 aromatic heterocycles. The van der Waals surface area contributed by atoms with Crippen LogP contribution in [-0.2, 0) is 6.54 Å². The molecule has 2 aromatic rings. The first kappa shape index (κ1) is 11.6. The van der Waals surface area contributed by atoms with Crippen molar-refractivity contribution in [2.24, 2.45) is 0 Å². The van der Waals surface area contributed by atoms with Crippen LogP contribution in [-0.4, -0.2) is 19.7 Å². The molecule has 0 aliphatic rings. The molecule has 0 spiro atoms. The predicted molar refractivity (Wildman–Crippen MR) is 67.4 cm³/mol. The number of hydrogen-bond donors (Lipinski definition) is 1. The van der Waals surface area contributed by atoms with Gasteiger partial charge < -0.3 is 5.73 Å². The third kappa shape index (κ3) is 2.27. The first-order valence-corrected chi connectivity index (χ1v) is 5.78. The van der Waals surface area contributed by atoms with E-state index in [1.54, 1.807) is 12.3 Å². The van der Waals surface area contributed by atoms with Gasteiger partial charge in [-0.05, 0) is 13.0 Å². The van der Waals surface area contributed by atoms with Crippen LogP contribution in [0.3, 0.4) is 0 Å². The van der Waals surface area contributed by atoms with Crippen LogP contribution in [0.25, 0.3) is 11.4 Å². The summed E-state index contributed by atoms with van der Waals surface area (Å²) in [4.78, 5) is 8.77. The Kier molecular flexibility index (Phi) is 3.08. The van der Waals surface area contributed by atoms with Crippen molar-refractivity contribution in [1.29, 1.82) is 0 Å². The van der Waals surface area contributed by atoms with Gasteiger partial charge in [-0.2, -0.15) is 5.10 Å². The summed E-state index contributed by atoms with van der Waals surface area (Å²) in [5.74, 6) is 1.53. The standard InChI is InChI=1S/C12H17N5/c1-4-17-10(5-6-14-17)9-7-11(13)16-12(15-9)8(2)3/h5-8H,4H2,1-3H3,(H2,13,15,16). The SMILES string of the molecule is CCn1nccc1-c1cc(N)nc(C(C)C)n1. The smallest absolute Gasteiger partial charge is 0.134 e. The molecule has 0 unspecified atom stereocenters. The Morgan fingerprint density at radius 3 is 2.76 bits per heavy atom. The fourth-order valence-electron chi connectivity index (χ4n) is 1.68. The van der Waals surface area contributed by atoms with Crippen LogP contribution in [0.1, 0.15) is 32.5 Å². The van der Waals surface area contributed by atoms with E-state index < -0.39 is 0 Å². The lowest BCUT2D eigenvalue weighted by Gasteiger charge is -2.09. The molecule has 0 radical (unpaired) electrons. The van der Waals surface area contributed by atoms with Gasteiger partial charge in [0.1, 0.15) is 11.6 Å². The summed E-state index contributed by atoms with van der Waals surface area (Å²) in [6.45, 7) is 6.96. The minimum absolute atomic E-state index is 0.259. The van der Waals surface area contributed by atoms with Crippen molar-refractivity contribution in [3.8, 4) is 11.4 Å². The summed E-state index contributed by atoms with van der Waals surface area (Å²) < 4.78 is 1.89. The Bertz CT molecular complexity index is 515. The molecule has 0 aromatic carbocycles. The second kappa shape index (κ2) is 4.53. The molecule has 2 rings (SSSR count). The molecule has 0 saturated carbocycles. The second-order valence-electron chi connectivity index (χ2n) is 4.22. The quantitative estimate of drug-likeness (QED) is 0.877. The summed E-state index contributed by atoms with van der Waals surface area (Å²) in [6.07, 6.45) is 1.77. The molecule has 0 fully saturated rings. The van der Waals surface area contributed by atoms with Gasteiger partial charge in [0.05, 0.1) is 11.4 Å². The lowest BCUT2D eigenvalue weighted by molar-refractivity contribution is 0.664. The maximum absolute atomic E-state index is 5.81. The van der Waals surface area contributed by atoms with E-state index >= 15 is 0 Å². The number of nitrogens with two attached hydrogens (primary N) is 1. The minimum Gasteiger partial charge on any atom is -0.384 e. The zero-order valence-corrected chi connectivity index (χ0v) is 10.4. The summed E-state index contributed by atoms with van der Waals surface area (Å²) >= 11 is 0. The first-order chi connectivity index (χ1) is 8.11. The number of anilines is 1. The van der Waals surface area contributed by atoms with Crippen LogP contribution in [0.5, 0.6) is 0 Å². The van der Waals surface area contributed by atoms with Gasteiger partial charge in [0.2, 0.25) is 0 Å². The molecule has 5 nitrogen and oxygen atoms in total. The lowest BCUT2D eigenvalue weighted by Crippen LogP contribution is -2.05. The number of nitrogen functional groups attached to an aromatic ring is 1. The molecular formula is C12H17N5. The molecule has 0 aliphatic carbocycles. The van der Waals surface area contributed by atoms with Crippen LogP contribution in [0.4, 0.5) is 5.82 Å². The van der Waals surface area contributed by atoms with E-state index in [9.17, 15) is 0 Å². The molecule has 17 heavy (non-hydrogen) atoms. The Labute approximate surface area is 101 Å². The van der Waals surface area contributed by atoms with Gasteiger partial charge in [-0.25, -0.2) is 9.97 Å². The van der Waals surface area contributed by atoms with Crippen molar-refractivity contribution in [2.45, 2.75) is 33.2 Å². The number of aryl methyl sites for hydroxylation is 1. The number of aromatic nitrogens is 4. The highest BCUT2D eigenvalue weighted by Crippen LogP contribution is 2.21. The van der Waals surface area contributed by atoms with Gasteiger partial charge in [-0.15, -0.1) is 0 Å². The van der Waals surface area contributed by atoms with E-state index in [2.05, 4.69) is 28.9 Å². The highest BCUT2D eigenvalue weighted by atomic mass is 15.3. The highest BCUT2D eigenvalue weighted by molar-refractivity contribution is 5.57. The van der Waals surface area contributed by atoms with E-state index in [0.29, 0.717) is 5.82 Å². The van der Waals surface area contributed by atoms with E-state index in [0.717, 1.165) is 23.8 Å². The Balaban J connectivity index is 2.52. The number of hydrogen-bond acceptors (Lipinski definition) is 4. The van der Waals surface area contributed by atoms with Crippen molar-refractivity contribution in [3.05, 3.63) is 24.2 Å². The molecule has 0 atom stereocenters. The summed E-state index contributed by atoms with van der Waals surface area (Å²) in [5, 5.41) is 4.23. The van der Waals surface area contributed by atoms with E-state index in [4.69, 9.17) is 5.73 Å². The fraction of sp³-hybridized carbons (Fsp3) is 0.417. The monoisotopic (exact) mass is 231 g/mol. The van der Waals surface area contributed by atoms with Crippen LogP contribution < -0.4 is 5.73 Å². The predicted octanol–water partition coefficient (Wildman–Crippen LogP) is 2.07. The topological polar surface area (TPSA) is 69.6 Å². The van der Waals surface area contributed by atoms with Crippen molar-refractivity contribution in [3.63, 3.8) is 0 Å². The number of rotatable bonds is 3. The first-order valence-electron chi connectivity index (χ1n) is 5.78. The summed E-state index contributed by atoms with van der Waals surface area (Å²) in [5.41, 5.74) is 7.62. The van der Waals surface area contributed by atoms with Crippen molar-refractivity contribution in [1.82, 2.24) is 19.7 Å². The van der Waals surface area contributed by atoms with Crippen LogP contribution in [0, 0.1) is 0 Å². The average molecular weight is 231 g/mol. The van der Waals surface area contributed by atoms with Gasteiger partial charge in [-0.3, -0.25) is 4.68 Å². The van der Waals surface area contributed by atoms with Crippen molar-refractivity contribution >= 4 is 5.82 Å². The van der Waals surface area contributed by atoms with E-state index in [-0.39, 0.29) is 5.92 Å². The molecule has 2 heterocycles. The maximum Gasteiger partial charge on any atom is 0.134 e. The zero-order chi connectivity index (χ0) is 12.4. The van der Waals surface area contributed by atoms with Gasteiger partial charge in [-0.1, -0.05) is 13.8 Å².